The maximum absolute atomic E-state index is 10.5. The highest BCUT2D eigenvalue weighted by Gasteiger charge is 2.44. The fourth-order valence-corrected chi connectivity index (χ4v) is 4.15. The van der Waals surface area contributed by atoms with Crippen LogP contribution in [0.3, 0.4) is 0 Å². The number of imidazole rings is 1. The molecule has 6 atom stereocenters. The Morgan fingerprint density at radius 2 is 1.93 bits per heavy atom. The number of nitrogens with one attached hydrogen (secondary N) is 1. The molecule has 0 saturated carbocycles. The van der Waals surface area contributed by atoms with Crippen molar-refractivity contribution in [3.63, 3.8) is 0 Å². The van der Waals surface area contributed by atoms with E-state index in [4.69, 9.17) is 4.74 Å². The summed E-state index contributed by atoms with van der Waals surface area (Å²) < 4.78 is 7.08. The van der Waals surface area contributed by atoms with Crippen molar-refractivity contribution in [3.05, 3.63) is 48.0 Å². The third-order valence-corrected chi connectivity index (χ3v) is 5.65. The number of fused-ring (bicyclic) bond motifs is 2. The van der Waals surface area contributed by atoms with Gasteiger partial charge in [0, 0.05) is 6.42 Å². The Morgan fingerprint density at radius 1 is 1.10 bits per heavy atom. The van der Waals surface area contributed by atoms with Gasteiger partial charge < -0.3 is 30.5 Å². The molecule has 10 heteroatoms. The van der Waals surface area contributed by atoms with Crippen LogP contribution in [0.2, 0.25) is 0 Å². The minimum absolute atomic E-state index is 0.330. The fourth-order valence-electron chi connectivity index (χ4n) is 4.15. The highest BCUT2D eigenvalue weighted by atomic mass is 16.6. The lowest BCUT2D eigenvalue weighted by atomic mass is 10.1. The molecule has 0 spiro atoms. The molecule has 5 rings (SSSR count). The van der Waals surface area contributed by atoms with Gasteiger partial charge in [0.1, 0.15) is 24.6 Å². The number of rotatable bonds is 4. The first-order valence-electron chi connectivity index (χ1n) is 9.41. The first-order valence-corrected chi connectivity index (χ1v) is 9.41. The number of ether oxygens (including phenoxy) is 1. The number of benzene rings is 1. The Labute approximate surface area is 165 Å². The lowest BCUT2D eigenvalue weighted by Crippen LogP contribution is -2.33. The SMILES string of the molecule is OC[C@H]1O[C@@H](n2cnc3c(N[C@@H]4c5ccccc5C[C@@H]4O)ncnc32)[C@H](O)[C@@H]1O. The van der Waals surface area contributed by atoms with Gasteiger partial charge in [-0.05, 0) is 11.1 Å². The molecule has 1 aliphatic carbocycles. The third-order valence-electron chi connectivity index (χ3n) is 5.65. The van der Waals surface area contributed by atoms with Gasteiger partial charge in [0.25, 0.3) is 0 Å². The second-order valence-corrected chi connectivity index (χ2v) is 7.37. The van der Waals surface area contributed by atoms with E-state index in [1.54, 1.807) is 0 Å². The van der Waals surface area contributed by atoms with Crippen molar-refractivity contribution < 1.29 is 25.2 Å². The molecule has 0 radical (unpaired) electrons. The quantitative estimate of drug-likeness (QED) is 0.392. The molecule has 1 saturated heterocycles. The molecule has 3 aromatic rings. The van der Waals surface area contributed by atoms with Crippen molar-refractivity contribution in [1.29, 1.82) is 0 Å². The molecule has 1 aromatic carbocycles. The zero-order valence-corrected chi connectivity index (χ0v) is 15.3. The molecule has 0 unspecified atom stereocenters. The predicted molar refractivity (Wildman–Crippen MR) is 101 cm³/mol. The van der Waals surface area contributed by atoms with Crippen LogP contribution >= 0.6 is 0 Å². The maximum atomic E-state index is 10.5. The topological polar surface area (TPSA) is 146 Å². The van der Waals surface area contributed by atoms with Crippen LogP contribution in [-0.2, 0) is 11.2 Å². The van der Waals surface area contributed by atoms with E-state index >= 15 is 0 Å². The minimum atomic E-state index is -1.24. The second kappa shape index (κ2) is 7.01. The number of anilines is 1. The summed E-state index contributed by atoms with van der Waals surface area (Å²) in [5.74, 6) is 0.446. The van der Waals surface area contributed by atoms with Crippen molar-refractivity contribution in [1.82, 2.24) is 19.5 Å². The number of hydrogen-bond donors (Lipinski definition) is 5. The van der Waals surface area contributed by atoms with Gasteiger partial charge in [0.05, 0.1) is 25.1 Å². The fraction of sp³-hybridized carbons (Fsp3) is 0.421. The number of hydrogen-bond acceptors (Lipinski definition) is 9. The van der Waals surface area contributed by atoms with Crippen LogP contribution < -0.4 is 5.32 Å². The molecular formula is C19H21N5O5. The van der Waals surface area contributed by atoms with Gasteiger partial charge in [0.2, 0.25) is 0 Å². The number of aromatic nitrogens is 4. The average molecular weight is 399 g/mol. The Kier molecular flexibility index (Phi) is 4.45. The van der Waals surface area contributed by atoms with E-state index in [-0.39, 0.29) is 6.04 Å². The molecular weight excluding hydrogens is 378 g/mol. The summed E-state index contributed by atoms with van der Waals surface area (Å²) >= 11 is 0. The van der Waals surface area contributed by atoms with Gasteiger partial charge in [-0.15, -0.1) is 0 Å². The predicted octanol–water partition coefficient (Wildman–Crippen LogP) is -0.492. The van der Waals surface area contributed by atoms with Crippen molar-refractivity contribution in [2.45, 2.75) is 43.1 Å². The normalized spacial score (nSPS) is 31.3. The zero-order chi connectivity index (χ0) is 20.1. The lowest BCUT2D eigenvalue weighted by molar-refractivity contribution is -0.0511. The van der Waals surface area contributed by atoms with Crippen LogP contribution in [-0.4, -0.2) is 71.0 Å². The average Bonchev–Trinajstić information content (AvgIpc) is 3.38. The summed E-state index contributed by atoms with van der Waals surface area (Å²) in [6.45, 7) is -0.415. The van der Waals surface area contributed by atoms with Crippen LogP contribution in [0.25, 0.3) is 11.2 Å². The summed E-state index contributed by atoms with van der Waals surface area (Å²) in [6, 6.07) is 7.51. The molecule has 1 fully saturated rings. The van der Waals surface area contributed by atoms with Crippen LogP contribution in [0, 0.1) is 0 Å². The summed E-state index contributed by atoms with van der Waals surface area (Å²) in [5, 5.41) is 43.4. The molecule has 0 amide bonds. The van der Waals surface area contributed by atoms with E-state index in [2.05, 4.69) is 20.3 Å². The van der Waals surface area contributed by atoms with Gasteiger partial charge >= 0.3 is 0 Å². The van der Waals surface area contributed by atoms with Gasteiger partial charge in [0.15, 0.2) is 23.2 Å². The van der Waals surface area contributed by atoms with Crippen LogP contribution in [0.5, 0.6) is 0 Å². The standard InChI is InChI=1S/C19H21N5O5/c25-6-12-15(27)16(28)19(29-12)24-8-22-14-17(20-7-21-18(14)24)23-13-10-4-2-1-3-9(10)5-11(13)26/h1-4,7-8,11-13,15-16,19,25-28H,5-6H2,(H,20,21,23)/t11-,12+,13+,15+,16+,19+/m0/s1. The smallest absolute Gasteiger partial charge is 0.167 e. The largest absolute Gasteiger partial charge is 0.394 e. The van der Waals surface area contributed by atoms with Crippen LogP contribution in [0.15, 0.2) is 36.9 Å². The number of aliphatic hydroxyl groups excluding tert-OH is 4. The highest BCUT2D eigenvalue weighted by molar-refractivity contribution is 5.83. The summed E-state index contributed by atoms with van der Waals surface area (Å²) in [5.41, 5.74) is 2.94. The summed E-state index contributed by atoms with van der Waals surface area (Å²) in [7, 11) is 0. The molecule has 152 valence electrons. The molecule has 1 aliphatic heterocycles. The summed E-state index contributed by atoms with van der Waals surface area (Å²) in [4.78, 5) is 12.9. The van der Waals surface area contributed by atoms with E-state index in [1.165, 1.54) is 17.2 Å². The highest BCUT2D eigenvalue weighted by Crippen LogP contribution is 2.36. The second-order valence-electron chi connectivity index (χ2n) is 7.37. The minimum Gasteiger partial charge on any atom is -0.394 e. The Balaban J connectivity index is 1.49. The number of aliphatic hydroxyl groups is 4. The van der Waals surface area contributed by atoms with Crippen LogP contribution in [0.1, 0.15) is 23.4 Å². The number of nitrogens with zero attached hydrogens (tertiary/aromatic N) is 4. The molecule has 10 nitrogen and oxygen atoms in total. The van der Waals surface area contributed by atoms with Crippen molar-refractivity contribution in [2.24, 2.45) is 0 Å². The zero-order valence-electron chi connectivity index (χ0n) is 15.3. The molecule has 5 N–H and O–H groups in total. The Hall–Kier alpha value is -2.63. The maximum Gasteiger partial charge on any atom is 0.167 e. The first-order chi connectivity index (χ1) is 14.1. The monoisotopic (exact) mass is 399 g/mol. The molecule has 0 bridgehead atoms. The van der Waals surface area contributed by atoms with Gasteiger partial charge in [-0.3, -0.25) is 4.57 Å². The molecule has 2 aromatic heterocycles. The van der Waals surface area contributed by atoms with Gasteiger partial charge in [-0.1, -0.05) is 24.3 Å². The lowest BCUT2D eigenvalue weighted by Gasteiger charge is -2.19. The molecule has 29 heavy (non-hydrogen) atoms. The molecule has 2 aliphatic rings. The van der Waals surface area contributed by atoms with Crippen LogP contribution in [0.4, 0.5) is 5.82 Å². The third kappa shape index (κ3) is 2.88. The van der Waals surface area contributed by atoms with Gasteiger partial charge in [-0.2, -0.15) is 0 Å². The molecule has 3 heterocycles. The van der Waals surface area contributed by atoms with E-state index in [9.17, 15) is 20.4 Å². The Bertz CT molecular complexity index is 1040. The van der Waals surface area contributed by atoms with E-state index < -0.39 is 37.3 Å². The van der Waals surface area contributed by atoms with Gasteiger partial charge in [-0.25, -0.2) is 15.0 Å². The summed E-state index contributed by atoms with van der Waals surface area (Å²) in [6.07, 6.45) is -1.52. The van der Waals surface area contributed by atoms with Crippen molar-refractivity contribution in [2.75, 3.05) is 11.9 Å². The van der Waals surface area contributed by atoms with Crippen molar-refractivity contribution in [3.8, 4) is 0 Å². The van der Waals surface area contributed by atoms with E-state index in [1.807, 2.05) is 24.3 Å². The van der Waals surface area contributed by atoms with E-state index in [0.29, 0.717) is 23.4 Å². The first kappa shape index (κ1) is 18.4. The Morgan fingerprint density at radius 3 is 2.72 bits per heavy atom. The van der Waals surface area contributed by atoms with E-state index in [0.717, 1.165) is 11.1 Å². The van der Waals surface area contributed by atoms with Crippen molar-refractivity contribution >= 4 is 17.0 Å².